The van der Waals surface area contributed by atoms with E-state index in [0.717, 1.165) is 5.56 Å². The monoisotopic (exact) mass is 369 g/mol. The number of nitrogens with one attached hydrogen (secondary N) is 1. The fraction of sp³-hybridized carbons (Fsp3) is 0.235. The van der Waals surface area contributed by atoms with Crippen LogP contribution >= 0.6 is 11.6 Å². The van der Waals surface area contributed by atoms with Gasteiger partial charge in [0.15, 0.2) is 9.84 Å². The molecule has 0 atom stereocenters. The lowest BCUT2D eigenvalue weighted by Gasteiger charge is -2.08. The predicted octanol–water partition coefficient (Wildman–Crippen LogP) is 3.10. The number of hydrogen-bond donors (Lipinski definition) is 1. The summed E-state index contributed by atoms with van der Waals surface area (Å²) in [5.74, 6) is -1.45. The molecule has 128 valence electrons. The molecule has 2 aromatic carbocycles. The SMILES string of the molecule is O=C(CCS(=O)(=O)Cc1cccc(F)c1)NCc1ccccc1Cl. The van der Waals surface area contributed by atoms with Gasteiger partial charge in [-0.3, -0.25) is 4.79 Å². The van der Waals surface area contributed by atoms with Gasteiger partial charge in [-0.15, -0.1) is 0 Å². The fourth-order valence-electron chi connectivity index (χ4n) is 2.13. The Bertz CT molecular complexity index is 824. The third-order valence-corrected chi connectivity index (χ3v) is 5.32. The fourth-order valence-corrected chi connectivity index (χ4v) is 3.66. The summed E-state index contributed by atoms with van der Waals surface area (Å²) in [5.41, 5.74) is 1.13. The van der Waals surface area contributed by atoms with Crippen LogP contribution in [0.4, 0.5) is 4.39 Å². The summed E-state index contributed by atoms with van der Waals surface area (Å²) in [5, 5.41) is 3.18. The second-order valence-electron chi connectivity index (χ2n) is 5.34. The van der Waals surface area contributed by atoms with Gasteiger partial charge in [-0.1, -0.05) is 41.9 Å². The molecule has 0 aliphatic carbocycles. The molecular weight excluding hydrogens is 353 g/mol. The van der Waals surface area contributed by atoms with Crippen molar-refractivity contribution in [3.05, 3.63) is 70.5 Å². The topological polar surface area (TPSA) is 63.2 Å². The predicted molar refractivity (Wildman–Crippen MR) is 91.8 cm³/mol. The first-order valence-electron chi connectivity index (χ1n) is 7.31. The van der Waals surface area contributed by atoms with Crippen LogP contribution in [0.1, 0.15) is 17.5 Å². The number of amides is 1. The summed E-state index contributed by atoms with van der Waals surface area (Å²) in [7, 11) is -3.49. The van der Waals surface area contributed by atoms with Gasteiger partial charge in [-0.2, -0.15) is 0 Å². The first-order chi connectivity index (χ1) is 11.4. The second kappa shape index (κ2) is 8.26. The van der Waals surface area contributed by atoms with E-state index in [1.807, 2.05) is 0 Å². The van der Waals surface area contributed by atoms with Gasteiger partial charge in [0.2, 0.25) is 5.91 Å². The van der Waals surface area contributed by atoms with Gasteiger partial charge in [-0.25, -0.2) is 12.8 Å². The van der Waals surface area contributed by atoms with Crippen LogP contribution in [-0.2, 0) is 26.9 Å². The normalized spacial score (nSPS) is 11.2. The Morgan fingerprint density at radius 3 is 2.58 bits per heavy atom. The molecule has 0 saturated carbocycles. The zero-order valence-corrected chi connectivity index (χ0v) is 14.4. The van der Waals surface area contributed by atoms with E-state index >= 15 is 0 Å². The molecule has 1 N–H and O–H groups in total. The third kappa shape index (κ3) is 5.94. The van der Waals surface area contributed by atoms with Crippen molar-refractivity contribution in [3.63, 3.8) is 0 Å². The van der Waals surface area contributed by atoms with Crippen LogP contribution in [0.15, 0.2) is 48.5 Å². The number of carbonyl (C=O) groups excluding carboxylic acids is 1. The Balaban J connectivity index is 1.83. The highest BCUT2D eigenvalue weighted by Gasteiger charge is 2.15. The number of carbonyl (C=O) groups is 1. The van der Waals surface area contributed by atoms with Crippen molar-refractivity contribution >= 4 is 27.3 Å². The molecule has 4 nitrogen and oxygen atoms in total. The largest absolute Gasteiger partial charge is 0.352 e. The van der Waals surface area contributed by atoms with Crippen LogP contribution < -0.4 is 5.32 Å². The van der Waals surface area contributed by atoms with Crippen LogP contribution in [0.5, 0.6) is 0 Å². The lowest BCUT2D eigenvalue weighted by Crippen LogP contribution is -2.25. The van der Waals surface area contributed by atoms with E-state index in [1.165, 1.54) is 24.3 Å². The first-order valence-corrected chi connectivity index (χ1v) is 9.51. The molecule has 1 amide bonds. The van der Waals surface area contributed by atoms with Crippen LogP contribution in [-0.4, -0.2) is 20.1 Å². The molecule has 24 heavy (non-hydrogen) atoms. The summed E-state index contributed by atoms with van der Waals surface area (Å²) in [6, 6.07) is 12.5. The summed E-state index contributed by atoms with van der Waals surface area (Å²) in [6.45, 7) is 0.239. The average Bonchev–Trinajstić information content (AvgIpc) is 2.52. The molecule has 0 aliphatic heterocycles. The van der Waals surface area contributed by atoms with Crippen LogP contribution in [0.3, 0.4) is 0 Å². The Morgan fingerprint density at radius 2 is 1.88 bits per heavy atom. The molecule has 2 rings (SSSR count). The highest BCUT2D eigenvalue weighted by molar-refractivity contribution is 7.90. The van der Waals surface area contributed by atoms with Crippen LogP contribution in [0.25, 0.3) is 0 Å². The minimum Gasteiger partial charge on any atom is -0.352 e. The number of benzene rings is 2. The Hall–Kier alpha value is -1.92. The molecule has 0 aliphatic rings. The van der Waals surface area contributed by atoms with Crippen molar-refractivity contribution in [1.29, 1.82) is 0 Å². The van der Waals surface area contributed by atoms with Crippen molar-refractivity contribution in [3.8, 4) is 0 Å². The van der Waals surface area contributed by atoms with Gasteiger partial charge in [0.05, 0.1) is 11.5 Å². The third-order valence-electron chi connectivity index (χ3n) is 3.35. The molecule has 0 saturated heterocycles. The minimum atomic E-state index is -3.49. The van der Waals surface area contributed by atoms with Crippen LogP contribution in [0.2, 0.25) is 5.02 Å². The van der Waals surface area contributed by atoms with E-state index in [-0.39, 0.29) is 30.4 Å². The first kappa shape index (κ1) is 18.4. The zero-order chi connectivity index (χ0) is 17.6. The molecule has 0 bridgehead atoms. The van der Waals surface area contributed by atoms with Gasteiger partial charge in [0.1, 0.15) is 5.82 Å². The number of rotatable bonds is 7. The minimum absolute atomic E-state index is 0.151. The molecule has 0 heterocycles. The smallest absolute Gasteiger partial charge is 0.221 e. The van der Waals surface area contributed by atoms with Crippen LogP contribution in [0, 0.1) is 5.82 Å². The molecule has 0 aromatic heterocycles. The Kier molecular flexibility index (Phi) is 6.34. The van der Waals surface area contributed by atoms with Gasteiger partial charge in [0.25, 0.3) is 0 Å². The maximum atomic E-state index is 13.1. The molecule has 0 fully saturated rings. The van der Waals surface area contributed by atoms with Gasteiger partial charge in [0, 0.05) is 18.0 Å². The molecule has 0 unspecified atom stereocenters. The highest BCUT2D eigenvalue weighted by Crippen LogP contribution is 2.14. The van der Waals surface area contributed by atoms with E-state index in [4.69, 9.17) is 11.6 Å². The van der Waals surface area contributed by atoms with Crippen molar-refractivity contribution < 1.29 is 17.6 Å². The van der Waals surface area contributed by atoms with Crippen molar-refractivity contribution in [2.45, 2.75) is 18.7 Å². The lowest BCUT2D eigenvalue weighted by molar-refractivity contribution is -0.120. The summed E-state index contributed by atoms with van der Waals surface area (Å²) in [6.07, 6.45) is -0.151. The Labute approximate surface area is 145 Å². The Morgan fingerprint density at radius 1 is 1.12 bits per heavy atom. The van der Waals surface area contributed by atoms with E-state index in [2.05, 4.69) is 5.32 Å². The summed E-state index contributed by atoms with van der Waals surface area (Å²) < 4.78 is 37.1. The average molecular weight is 370 g/mol. The van der Waals surface area contributed by atoms with Gasteiger partial charge >= 0.3 is 0 Å². The number of sulfone groups is 1. The number of hydrogen-bond acceptors (Lipinski definition) is 3. The standard InChI is InChI=1S/C17H17ClFNO3S/c18-16-7-2-1-5-14(16)11-20-17(21)8-9-24(22,23)12-13-4-3-6-15(19)10-13/h1-7,10H,8-9,11-12H2,(H,20,21). The van der Waals surface area contributed by atoms with Gasteiger partial charge < -0.3 is 5.32 Å². The molecule has 0 spiro atoms. The quantitative estimate of drug-likeness (QED) is 0.815. The molecule has 0 radical (unpaired) electrons. The van der Waals surface area contributed by atoms with Gasteiger partial charge in [-0.05, 0) is 29.3 Å². The maximum Gasteiger partial charge on any atom is 0.221 e. The second-order valence-corrected chi connectivity index (χ2v) is 7.93. The lowest BCUT2D eigenvalue weighted by atomic mass is 10.2. The number of halogens is 2. The van der Waals surface area contributed by atoms with E-state index in [0.29, 0.717) is 10.6 Å². The van der Waals surface area contributed by atoms with Crippen molar-refractivity contribution in [2.75, 3.05) is 5.75 Å². The molecule has 2 aromatic rings. The summed E-state index contributed by atoms with van der Waals surface area (Å²) in [4.78, 5) is 11.8. The van der Waals surface area contributed by atoms with E-state index in [9.17, 15) is 17.6 Å². The van der Waals surface area contributed by atoms with Crippen molar-refractivity contribution in [1.82, 2.24) is 5.32 Å². The van der Waals surface area contributed by atoms with Crippen molar-refractivity contribution in [2.24, 2.45) is 0 Å². The zero-order valence-electron chi connectivity index (χ0n) is 12.8. The maximum absolute atomic E-state index is 13.1. The molecule has 7 heteroatoms. The highest BCUT2D eigenvalue weighted by atomic mass is 35.5. The molecular formula is C17H17ClFNO3S. The van der Waals surface area contributed by atoms with E-state index < -0.39 is 15.7 Å². The van der Waals surface area contributed by atoms with E-state index in [1.54, 1.807) is 24.3 Å². The summed E-state index contributed by atoms with van der Waals surface area (Å²) >= 11 is 5.98.